The maximum atomic E-state index is 6.02. The Morgan fingerprint density at radius 2 is 2.05 bits per heavy atom. The highest BCUT2D eigenvalue weighted by molar-refractivity contribution is 5.65. The summed E-state index contributed by atoms with van der Waals surface area (Å²) in [5.74, 6) is 0.815. The highest BCUT2D eigenvalue weighted by atomic mass is 15.1. The fraction of sp³-hybridized carbons (Fsp3) is 0.667. The number of nitrogens with zero attached hydrogens (tertiary/aromatic N) is 2. The number of aromatic nitrogens is 1. The van der Waals surface area contributed by atoms with Crippen LogP contribution in [-0.4, -0.2) is 35.6 Å². The molecule has 1 unspecified atom stereocenters. The Morgan fingerprint density at radius 3 is 2.68 bits per heavy atom. The largest absolute Gasteiger partial charge is 0.396 e. The maximum absolute atomic E-state index is 6.02. The summed E-state index contributed by atoms with van der Waals surface area (Å²) in [6.45, 7) is 12.0. The standard InChI is InChI=1S/C15H28N4/c1-5-19(6-2)11-7-8-13(4)18-15-14(16)12(3)9-10-17-15/h9-10,13H,5-8,11,16H2,1-4H3,(H,17,18). The number of hydrogen-bond donors (Lipinski definition) is 2. The van der Waals surface area contributed by atoms with Crippen LogP contribution in [0, 0.1) is 6.92 Å². The minimum atomic E-state index is 0.396. The van der Waals surface area contributed by atoms with E-state index in [0.717, 1.165) is 43.1 Å². The van der Waals surface area contributed by atoms with Crippen LogP contribution in [0.25, 0.3) is 0 Å². The van der Waals surface area contributed by atoms with Gasteiger partial charge in [-0.2, -0.15) is 0 Å². The average molecular weight is 264 g/mol. The van der Waals surface area contributed by atoms with Gasteiger partial charge in [-0.25, -0.2) is 4.98 Å². The van der Waals surface area contributed by atoms with Crippen molar-refractivity contribution >= 4 is 11.5 Å². The highest BCUT2D eigenvalue weighted by Gasteiger charge is 2.08. The minimum Gasteiger partial charge on any atom is -0.396 e. The maximum Gasteiger partial charge on any atom is 0.149 e. The number of anilines is 2. The van der Waals surface area contributed by atoms with Crippen LogP contribution in [0.5, 0.6) is 0 Å². The van der Waals surface area contributed by atoms with Gasteiger partial charge in [0, 0.05) is 12.2 Å². The molecule has 0 amide bonds. The summed E-state index contributed by atoms with van der Waals surface area (Å²) in [6.07, 6.45) is 4.13. The molecule has 1 heterocycles. The summed E-state index contributed by atoms with van der Waals surface area (Å²) in [5, 5.41) is 3.41. The Morgan fingerprint density at radius 1 is 1.37 bits per heavy atom. The smallest absolute Gasteiger partial charge is 0.149 e. The lowest BCUT2D eigenvalue weighted by molar-refractivity contribution is 0.295. The van der Waals surface area contributed by atoms with Crippen molar-refractivity contribution in [2.45, 2.75) is 46.6 Å². The monoisotopic (exact) mass is 264 g/mol. The number of nitrogens with one attached hydrogen (secondary N) is 1. The van der Waals surface area contributed by atoms with Crippen LogP contribution < -0.4 is 11.1 Å². The summed E-state index contributed by atoms with van der Waals surface area (Å²) < 4.78 is 0. The van der Waals surface area contributed by atoms with Gasteiger partial charge in [0.05, 0.1) is 5.69 Å². The number of nitrogens with two attached hydrogens (primary N) is 1. The first-order valence-corrected chi connectivity index (χ1v) is 7.28. The first-order valence-electron chi connectivity index (χ1n) is 7.28. The lowest BCUT2D eigenvalue weighted by Gasteiger charge is -2.20. The Kier molecular flexibility index (Phi) is 6.64. The molecule has 0 radical (unpaired) electrons. The van der Waals surface area contributed by atoms with E-state index < -0.39 is 0 Å². The third-order valence-corrected chi connectivity index (χ3v) is 3.60. The number of aryl methyl sites for hydroxylation is 1. The third-order valence-electron chi connectivity index (χ3n) is 3.60. The van der Waals surface area contributed by atoms with Gasteiger partial charge in [-0.15, -0.1) is 0 Å². The second kappa shape index (κ2) is 8.00. The van der Waals surface area contributed by atoms with Crippen molar-refractivity contribution in [3.05, 3.63) is 17.8 Å². The molecule has 0 aliphatic heterocycles. The zero-order chi connectivity index (χ0) is 14.3. The van der Waals surface area contributed by atoms with E-state index in [-0.39, 0.29) is 0 Å². The molecule has 1 rings (SSSR count). The molecule has 0 bridgehead atoms. The van der Waals surface area contributed by atoms with Crippen LogP contribution in [0.1, 0.15) is 39.2 Å². The molecule has 3 N–H and O–H groups in total. The molecule has 4 nitrogen and oxygen atoms in total. The first-order chi connectivity index (χ1) is 9.08. The van der Waals surface area contributed by atoms with E-state index in [1.54, 1.807) is 6.20 Å². The summed E-state index contributed by atoms with van der Waals surface area (Å²) in [5.41, 5.74) is 7.86. The van der Waals surface area contributed by atoms with Gasteiger partial charge in [0.25, 0.3) is 0 Å². The topological polar surface area (TPSA) is 54.2 Å². The summed E-state index contributed by atoms with van der Waals surface area (Å²) in [4.78, 5) is 6.76. The SMILES string of the molecule is CCN(CC)CCCC(C)Nc1nccc(C)c1N. The van der Waals surface area contributed by atoms with Crippen LogP contribution in [0.15, 0.2) is 12.3 Å². The molecule has 108 valence electrons. The van der Waals surface area contributed by atoms with Crippen molar-refractivity contribution in [3.63, 3.8) is 0 Å². The molecule has 1 aromatic rings. The zero-order valence-corrected chi connectivity index (χ0v) is 12.7. The Hall–Kier alpha value is -1.29. The van der Waals surface area contributed by atoms with Gasteiger partial charge in [0.1, 0.15) is 5.82 Å². The van der Waals surface area contributed by atoms with Crippen molar-refractivity contribution in [2.24, 2.45) is 0 Å². The third kappa shape index (κ3) is 5.07. The van der Waals surface area contributed by atoms with Crippen molar-refractivity contribution < 1.29 is 0 Å². The molecular weight excluding hydrogens is 236 g/mol. The summed E-state index contributed by atoms with van der Waals surface area (Å²) >= 11 is 0. The van der Waals surface area contributed by atoms with Crippen LogP contribution in [0.2, 0.25) is 0 Å². The Balaban J connectivity index is 2.39. The van der Waals surface area contributed by atoms with E-state index in [0.29, 0.717) is 6.04 Å². The molecule has 1 aromatic heterocycles. The predicted octanol–water partition coefficient (Wildman–Crippen LogP) is 2.89. The van der Waals surface area contributed by atoms with Gasteiger partial charge >= 0.3 is 0 Å². The molecule has 0 aromatic carbocycles. The quantitative estimate of drug-likeness (QED) is 0.758. The van der Waals surface area contributed by atoms with Crippen LogP contribution in [-0.2, 0) is 0 Å². The molecular formula is C15H28N4. The molecule has 0 saturated heterocycles. The Bertz CT molecular complexity index is 374. The van der Waals surface area contributed by atoms with Gasteiger partial charge in [-0.05, 0) is 58.0 Å². The normalized spacial score (nSPS) is 12.7. The molecule has 0 spiro atoms. The van der Waals surface area contributed by atoms with Crippen LogP contribution >= 0.6 is 0 Å². The van der Waals surface area contributed by atoms with Crippen LogP contribution in [0.3, 0.4) is 0 Å². The van der Waals surface area contributed by atoms with Crippen LogP contribution in [0.4, 0.5) is 11.5 Å². The lowest BCUT2D eigenvalue weighted by atomic mass is 10.1. The number of nitrogen functional groups attached to an aromatic ring is 1. The van der Waals surface area contributed by atoms with E-state index in [1.165, 1.54) is 6.42 Å². The second-order valence-electron chi connectivity index (χ2n) is 5.10. The first kappa shape index (κ1) is 15.8. The molecule has 19 heavy (non-hydrogen) atoms. The molecule has 0 aliphatic rings. The van der Waals surface area contributed by atoms with Gasteiger partial charge in [0.2, 0.25) is 0 Å². The molecule has 1 atom stereocenters. The van der Waals surface area contributed by atoms with Gasteiger partial charge in [-0.3, -0.25) is 0 Å². The fourth-order valence-corrected chi connectivity index (χ4v) is 2.15. The van der Waals surface area contributed by atoms with Crippen molar-refractivity contribution in [1.82, 2.24) is 9.88 Å². The molecule has 4 heteroatoms. The lowest BCUT2D eigenvalue weighted by Crippen LogP contribution is -2.26. The van der Waals surface area contributed by atoms with E-state index in [1.807, 2.05) is 13.0 Å². The van der Waals surface area contributed by atoms with Crippen molar-refractivity contribution in [1.29, 1.82) is 0 Å². The zero-order valence-electron chi connectivity index (χ0n) is 12.7. The van der Waals surface area contributed by atoms with Crippen molar-refractivity contribution in [3.8, 4) is 0 Å². The average Bonchev–Trinajstić information content (AvgIpc) is 2.40. The number of hydrogen-bond acceptors (Lipinski definition) is 4. The molecule has 0 aliphatic carbocycles. The molecule has 0 saturated carbocycles. The minimum absolute atomic E-state index is 0.396. The van der Waals surface area contributed by atoms with E-state index >= 15 is 0 Å². The van der Waals surface area contributed by atoms with E-state index in [2.05, 4.69) is 36.0 Å². The van der Waals surface area contributed by atoms with Gasteiger partial charge in [0.15, 0.2) is 0 Å². The van der Waals surface area contributed by atoms with E-state index in [4.69, 9.17) is 5.73 Å². The van der Waals surface area contributed by atoms with Gasteiger partial charge in [-0.1, -0.05) is 13.8 Å². The highest BCUT2D eigenvalue weighted by Crippen LogP contribution is 2.20. The Labute approximate surface area is 117 Å². The predicted molar refractivity (Wildman–Crippen MR) is 83.5 cm³/mol. The summed E-state index contributed by atoms with van der Waals surface area (Å²) in [7, 11) is 0. The van der Waals surface area contributed by atoms with E-state index in [9.17, 15) is 0 Å². The van der Waals surface area contributed by atoms with Crippen molar-refractivity contribution in [2.75, 3.05) is 30.7 Å². The van der Waals surface area contributed by atoms with Gasteiger partial charge < -0.3 is 16.0 Å². The number of rotatable bonds is 8. The second-order valence-corrected chi connectivity index (χ2v) is 5.10. The summed E-state index contributed by atoms with van der Waals surface area (Å²) in [6, 6.07) is 2.33. The fourth-order valence-electron chi connectivity index (χ4n) is 2.15. The molecule has 0 fully saturated rings. The number of pyridine rings is 1.